The van der Waals surface area contributed by atoms with Gasteiger partial charge in [0.25, 0.3) is 0 Å². The number of nitrogens with one attached hydrogen (secondary N) is 1. The zero-order chi connectivity index (χ0) is 8.86. The average molecular weight is 171 g/mol. The Bertz CT molecular complexity index is 119. The van der Waals surface area contributed by atoms with E-state index in [-0.39, 0.29) is 5.72 Å². The van der Waals surface area contributed by atoms with Crippen LogP contribution in [0.3, 0.4) is 0 Å². The van der Waals surface area contributed by atoms with Gasteiger partial charge in [0.05, 0.1) is 0 Å². The molecule has 0 radical (unpaired) electrons. The lowest BCUT2D eigenvalue weighted by molar-refractivity contribution is -0.0635. The Balaban J connectivity index is 2.35. The number of hydrogen-bond donors (Lipinski definition) is 1. The smallest absolute Gasteiger partial charge is 0.119 e. The van der Waals surface area contributed by atoms with Gasteiger partial charge in [-0.3, -0.25) is 5.32 Å². The number of ether oxygens (including phenoxy) is 1. The lowest BCUT2D eigenvalue weighted by Crippen LogP contribution is -2.42. The minimum Gasteiger partial charge on any atom is -0.361 e. The highest BCUT2D eigenvalue weighted by Crippen LogP contribution is 2.25. The molecule has 0 bridgehead atoms. The van der Waals surface area contributed by atoms with E-state index >= 15 is 0 Å². The van der Waals surface area contributed by atoms with Crippen molar-refractivity contribution >= 4 is 0 Å². The molecule has 1 atom stereocenters. The highest BCUT2D eigenvalue weighted by atomic mass is 16.5. The zero-order valence-corrected chi connectivity index (χ0v) is 8.36. The molecular weight excluding hydrogens is 150 g/mol. The topological polar surface area (TPSA) is 21.3 Å². The van der Waals surface area contributed by atoms with Crippen LogP contribution in [0.4, 0.5) is 0 Å². The quantitative estimate of drug-likeness (QED) is 0.685. The predicted octanol–water partition coefficient (Wildman–Crippen LogP) is 2.29. The van der Waals surface area contributed by atoms with Crippen molar-refractivity contribution in [2.45, 2.75) is 51.7 Å². The van der Waals surface area contributed by atoms with E-state index in [9.17, 15) is 0 Å². The highest BCUT2D eigenvalue weighted by molar-refractivity contribution is 4.83. The van der Waals surface area contributed by atoms with Gasteiger partial charge in [-0.2, -0.15) is 0 Å². The van der Waals surface area contributed by atoms with Crippen LogP contribution < -0.4 is 5.32 Å². The van der Waals surface area contributed by atoms with Crippen LogP contribution in [0.15, 0.2) is 0 Å². The van der Waals surface area contributed by atoms with E-state index < -0.39 is 0 Å². The van der Waals surface area contributed by atoms with Gasteiger partial charge in [0.1, 0.15) is 5.72 Å². The summed E-state index contributed by atoms with van der Waals surface area (Å²) in [5.74, 6) is 0. The minimum atomic E-state index is 0.0464. The van der Waals surface area contributed by atoms with Gasteiger partial charge in [-0.15, -0.1) is 0 Å². The van der Waals surface area contributed by atoms with Gasteiger partial charge < -0.3 is 4.74 Å². The van der Waals surface area contributed by atoms with Crippen molar-refractivity contribution in [2.24, 2.45) is 0 Å². The molecule has 0 saturated carbocycles. The lowest BCUT2D eigenvalue weighted by atomic mass is 10.1. The summed E-state index contributed by atoms with van der Waals surface area (Å²) < 4.78 is 5.87. The van der Waals surface area contributed by atoms with E-state index in [1.807, 2.05) is 0 Å². The second kappa shape index (κ2) is 4.83. The van der Waals surface area contributed by atoms with Crippen molar-refractivity contribution in [3.05, 3.63) is 0 Å². The van der Waals surface area contributed by atoms with Crippen molar-refractivity contribution < 1.29 is 4.74 Å². The normalized spacial score (nSPS) is 29.5. The van der Waals surface area contributed by atoms with Crippen LogP contribution in [-0.4, -0.2) is 18.9 Å². The van der Waals surface area contributed by atoms with E-state index in [1.165, 1.54) is 19.3 Å². The van der Waals surface area contributed by atoms with Gasteiger partial charge in [-0.1, -0.05) is 20.3 Å². The van der Waals surface area contributed by atoms with Gasteiger partial charge in [0, 0.05) is 6.61 Å². The van der Waals surface area contributed by atoms with E-state index in [0.717, 1.165) is 26.0 Å². The molecule has 2 nitrogen and oxygen atoms in total. The van der Waals surface area contributed by atoms with E-state index in [0.29, 0.717) is 0 Å². The maximum atomic E-state index is 5.87. The summed E-state index contributed by atoms with van der Waals surface area (Å²) in [6.45, 7) is 6.41. The van der Waals surface area contributed by atoms with Gasteiger partial charge in [0.15, 0.2) is 0 Å². The minimum absolute atomic E-state index is 0.0464. The molecule has 1 unspecified atom stereocenters. The van der Waals surface area contributed by atoms with Crippen molar-refractivity contribution in [1.29, 1.82) is 0 Å². The van der Waals surface area contributed by atoms with Crippen LogP contribution in [0.25, 0.3) is 0 Å². The van der Waals surface area contributed by atoms with Crippen molar-refractivity contribution in [2.75, 3.05) is 13.2 Å². The molecule has 1 N–H and O–H groups in total. The molecule has 0 amide bonds. The molecule has 0 aromatic heterocycles. The first-order chi connectivity index (χ1) is 5.83. The zero-order valence-electron chi connectivity index (χ0n) is 8.36. The van der Waals surface area contributed by atoms with Gasteiger partial charge in [0.2, 0.25) is 0 Å². The summed E-state index contributed by atoms with van der Waals surface area (Å²) >= 11 is 0. The second-order valence-electron chi connectivity index (χ2n) is 3.62. The maximum absolute atomic E-state index is 5.87. The van der Waals surface area contributed by atoms with Gasteiger partial charge in [-0.05, 0) is 32.2 Å². The fourth-order valence-electron chi connectivity index (χ4n) is 1.89. The Hall–Kier alpha value is -0.0800. The molecule has 1 aliphatic heterocycles. The summed E-state index contributed by atoms with van der Waals surface area (Å²) in [4.78, 5) is 0. The molecule has 72 valence electrons. The third-order valence-electron chi connectivity index (χ3n) is 2.44. The van der Waals surface area contributed by atoms with Gasteiger partial charge in [-0.25, -0.2) is 0 Å². The first-order valence-corrected chi connectivity index (χ1v) is 5.22. The van der Waals surface area contributed by atoms with Crippen molar-refractivity contribution in [3.63, 3.8) is 0 Å². The van der Waals surface area contributed by atoms with Gasteiger partial charge >= 0.3 is 0 Å². The summed E-state index contributed by atoms with van der Waals surface area (Å²) in [7, 11) is 0. The molecule has 1 fully saturated rings. The summed E-state index contributed by atoms with van der Waals surface area (Å²) in [6, 6.07) is 0. The molecule has 12 heavy (non-hydrogen) atoms. The Morgan fingerprint density at radius 2 is 2.17 bits per heavy atom. The molecule has 1 heterocycles. The molecule has 1 rings (SSSR count). The van der Waals surface area contributed by atoms with Crippen LogP contribution in [0, 0.1) is 0 Å². The average Bonchev–Trinajstić information content (AvgIpc) is 2.51. The number of hydrogen-bond acceptors (Lipinski definition) is 2. The maximum Gasteiger partial charge on any atom is 0.119 e. The molecule has 0 aromatic rings. The van der Waals surface area contributed by atoms with Crippen LogP contribution in [0.5, 0.6) is 0 Å². The monoisotopic (exact) mass is 171 g/mol. The predicted molar refractivity (Wildman–Crippen MR) is 51.1 cm³/mol. The van der Waals surface area contributed by atoms with Crippen LogP contribution >= 0.6 is 0 Å². The molecule has 0 aromatic carbocycles. The summed E-state index contributed by atoms with van der Waals surface area (Å²) in [5, 5.41) is 3.48. The van der Waals surface area contributed by atoms with Crippen molar-refractivity contribution in [1.82, 2.24) is 5.32 Å². The van der Waals surface area contributed by atoms with Crippen molar-refractivity contribution in [3.8, 4) is 0 Å². The molecule has 2 heteroatoms. The Morgan fingerprint density at radius 3 is 2.67 bits per heavy atom. The largest absolute Gasteiger partial charge is 0.361 e. The molecule has 0 aliphatic carbocycles. The highest BCUT2D eigenvalue weighted by Gasteiger charge is 2.32. The Labute approximate surface area is 75.7 Å². The van der Waals surface area contributed by atoms with E-state index in [1.54, 1.807) is 0 Å². The Kier molecular flexibility index (Phi) is 4.02. The molecule has 0 spiro atoms. The molecule has 1 aliphatic rings. The molecule has 1 saturated heterocycles. The fraction of sp³-hybridized carbons (Fsp3) is 1.00. The summed E-state index contributed by atoms with van der Waals surface area (Å²) in [6.07, 6.45) is 5.95. The molecular formula is C10H21NO. The first-order valence-electron chi connectivity index (χ1n) is 5.22. The number of rotatable bonds is 5. The standard InChI is InChI=1S/C10H21NO/c1-3-6-10(12-9-4-2)7-5-8-11-10/h11H,3-9H2,1-2H3. The lowest BCUT2D eigenvalue weighted by Gasteiger charge is -2.29. The summed E-state index contributed by atoms with van der Waals surface area (Å²) in [5.41, 5.74) is 0.0464. The van der Waals surface area contributed by atoms with E-state index in [4.69, 9.17) is 4.74 Å². The SMILES string of the molecule is CCCOC1(CCC)CCCN1. The van der Waals surface area contributed by atoms with Crippen LogP contribution in [-0.2, 0) is 4.74 Å². The second-order valence-corrected chi connectivity index (χ2v) is 3.62. The third kappa shape index (κ3) is 2.46. The fourth-order valence-corrected chi connectivity index (χ4v) is 1.89. The first kappa shape index (κ1) is 10.0. The third-order valence-corrected chi connectivity index (χ3v) is 2.44. The van der Waals surface area contributed by atoms with Crippen LogP contribution in [0.2, 0.25) is 0 Å². The Morgan fingerprint density at radius 1 is 1.33 bits per heavy atom. The van der Waals surface area contributed by atoms with Crippen LogP contribution in [0.1, 0.15) is 46.0 Å². The van der Waals surface area contributed by atoms with E-state index in [2.05, 4.69) is 19.2 Å².